The second-order valence-corrected chi connectivity index (χ2v) is 5.07. The standard InChI is InChI=1S/C15H24O2/c1-12(2)4-5-14(11-16)10-13-6-8-15(17-3)9-7-13/h6-9,12,14,16H,4-5,10-11H2,1-3H3. The van der Waals surface area contributed by atoms with E-state index < -0.39 is 0 Å². The van der Waals surface area contributed by atoms with Crippen molar-refractivity contribution < 1.29 is 9.84 Å². The van der Waals surface area contributed by atoms with Crippen LogP contribution in [0.25, 0.3) is 0 Å². The van der Waals surface area contributed by atoms with Crippen LogP contribution >= 0.6 is 0 Å². The molecule has 0 saturated heterocycles. The second-order valence-electron chi connectivity index (χ2n) is 5.07. The largest absolute Gasteiger partial charge is 0.497 e. The molecule has 0 amide bonds. The van der Waals surface area contributed by atoms with Crippen LogP contribution in [0.5, 0.6) is 5.75 Å². The fraction of sp³-hybridized carbons (Fsp3) is 0.600. The molecule has 0 aliphatic carbocycles. The third kappa shape index (κ3) is 5.22. The maximum Gasteiger partial charge on any atom is 0.118 e. The molecular weight excluding hydrogens is 212 g/mol. The minimum absolute atomic E-state index is 0.277. The van der Waals surface area contributed by atoms with E-state index >= 15 is 0 Å². The Morgan fingerprint density at radius 3 is 2.24 bits per heavy atom. The molecule has 1 unspecified atom stereocenters. The first-order valence-electron chi connectivity index (χ1n) is 6.39. The molecule has 0 heterocycles. The first-order valence-corrected chi connectivity index (χ1v) is 6.39. The van der Waals surface area contributed by atoms with E-state index in [0.29, 0.717) is 11.8 Å². The minimum Gasteiger partial charge on any atom is -0.497 e. The summed E-state index contributed by atoms with van der Waals surface area (Å²) >= 11 is 0. The van der Waals surface area contributed by atoms with E-state index in [4.69, 9.17) is 4.74 Å². The van der Waals surface area contributed by atoms with Crippen molar-refractivity contribution >= 4 is 0 Å². The summed E-state index contributed by atoms with van der Waals surface area (Å²) in [6.07, 6.45) is 3.23. The Labute approximate surface area is 105 Å². The van der Waals surface area contributed by atoms with Gasteiger partial charge in [-0.1, -0.05) is 32.4 Å². The molecule has 0 aliphatic rings. The van der Waals surface area contributed by atoms with Crippen molar-refractivity contribution in [1.29, 1.82) is 0 Å². The van der Waals surface area contributed by atoms with Crippen molar-refractivity contribution in [2.45, 2.75) is 33.1 Å². The third-order valence-corrected chi connectivity index (χ3v) is 3.09. The zero-order valence-corrected chi connectivity index (χ0v) is 11.1. The highest BCUT2D eigenvalue weighted by atomic mass is 16.5. The Kier molecular flexibility index (Phi) is 6.06. The molecular formula is C15H24O2. The van der Waals surface area contributed by atoms with E-state index in [1.807, 2.05) is 12.1 Å². The molecule has 0 aromatic heterocycles. The highest BCUT2D eigenvalue weighted by molar-refractivity contribution is 5.27. The van der Waals surface area contributed by atoms with Crippen LogP contribution < -0.4 is 4.74 Å². The Morgan fingerprint density at radius 1 is 1.12 bits per heavy atom. The lowest BCUT2D eigenvalue weighted by Gasteiger charge is -2.15. The molecule has 0 spiro atoms. The Hall–Kier alpha value is -1.02. The van der Waals surface area contributed by atoms with E-state index in [-0.39, 0.29) is 6.61 Å². The van der Waals surface area contributed by atoms with Crippen LogP contribution in [-0.2, 0) is 6.42 Å². The predicted molar refractivity (Wildman–Crippen MR) is 71.3 cm³/mol. The van der Waals surface area contributed by atoms with E-state index in [2.05, 4.69) is 26.0 Å². The SMILES string of the molecule is COc1ccc(CC(CO)CCC(C)C)cc1. The van der Waals surface area contributed by atoms with Crippen molar-refractivity contribution in [2.24, 2.45) is 11.8 Å². The fourth-order valence-electron chi connectivity index (χ4n) is 1.92. The van der Waals surface area contributed by atoms with Crippen molar-refractivity contribution in [2.75, 3.05) is 13.7 Å². The Morgan fingerprint density at radius 2 is 1.76 bits per heavy atom. The molecule has 1 rings (SSSR count). The van der Waals surface area contributed by atoms with Gasteiger partial charge in [-0.15, -0.1) is 0 Å². The number of hydrogen-bond donors (Lipinski definition) is 1. The third-order valence-electron chi connectivity index (χ3n) is 3.09. The lowest BCUT2D eigenvalue weighted by Crippen LogP contribution is -2.10. The molecule has 0 fully saturated rings. The van der Waals surface area contributed by atoms with Crippen molar-refractivity contribution in [3.05, 3.63) is 29.8 Å². The van der Waals surface area contributed by atoms with E-state index in [0.717, 1.165) is 18.6 Å². The monoisotopic (exact) mass is 236 g/mol. The van der Waals surface area contributed by atoms with Gasteiger partial charge in [0, 0.05) is 6.61 Å². The van der Waals surface area contributed by atoms with Crippen LogP contribution in [0.2, 0.25) is 0 Å². The van der Waals surface area contributed by atoms with Gasteiger partial charge in [-0.3, -0.25) is 0 Å². The van der Waals surface area contributed by atoms with Crippen LogP contribution in [-0.4, -0.2) is 18.8 Å². The van der Waals surface area contributed by atoms with Crippen LogP contribution in [0.15, 0.2) is 24.3 Å². The molecule has 0 aliphatic heterocycles. The van der Waals surface area contributed by atoms with Gasteiger partial charge in [0.15, 0.2) is 0 Å². The van der Waals surface area contributed by atoms with Gasteiger partial charge >= 0.3 is 0 Å². The summed E-state index contributed by atoms with van der Waals surface area (Å²) in [5.41, 5.74) is 1.27. The summed E-state index contributed by atoms with van der Waals surface area (Å²) in [5, 5.41) is 9.38. The lowest BCUT2D eigenvalue weighted by atomic mass is 9.92. The van der Waals surface area contributed by atoms with Gasteiger partial charge in [-0.25, -0.2) is 0 Å². The average Bonchev–Trinajstić information content (AvgIpc) is 2.35. The van der Waals surface area contributed by atoms with Crippen LogP contribution in [0.3, 0.4) is 0 Å². The Balaban J connectivity index is 2.48. The normalized spacial score (nSPS) is 12.8. The second kappa shape index (κ2) is 7.33. The molecule has 2 heteroatoms. The zero-order valence-electron chi connectivity index (χ0n) is 11.1. The quantitative estimate of drug-likeness (QED) is 0.787. The molecule has 1 N–H and O–H groups in total. The predicted octanol–water partition coefficient (Wildman–Crippen LogP) is 3.28. The number of methoxy groups -OCH3 is 1. The number of ether oxygens (including phenoxy) is 1. The van der Waals surface area contributed by atoms with Gasteiger partial charge in [0.05, 0.1) is 7.11 Å². The number of benzene rings is 1. The fourth-order valence-corrected chi connectivity index (χ4v) is 1.92. The van der Waals surface area contributed by atoms with Crippen molar-refractivity contribution in [1.82, 2.24) is 0 Å². The van der Waals surface area contributed by atoms with E-state index in [1.165, 1.54) is 12.0 Å². The smallest absolute Gasteiger partial charge is 0.118 e. The topological polar surface area (TPSA) is 29.5 Å². The van der Waals surface area contributed by atoms with Crippen molar-refractivity contribution in [3.63, 3.8) is 0 Å². The van der Waals surface area contributed by atoms with Crippen LogP contribution in [0.1, 0.15) is 32.3 Å². The number of rotatable bonds is 7. The first kappa shape index (κ1) is 14.0. The summed E-state index contributed by atoms with van der Waals surface area (Å²) in [6.45, 7) is 4.72. The van der Waals surface area contributed by atoms with Gasteiger partial charge in [-0.2, -0.15) is 0 Å². The molecule has 17 heavy (non-hydrogen) atoms. The van der Waals surface area contributed by atoms with Crippen molar-refractivity contribution in [3.8, 4) is 5.75 Å². The molecule has 1 aromatic carbocycles. The van der Waals surface area contributed by atoms with Gasteiger partial charge in [0.2, 0.25) is 0 Å². The summed E-state index contributed by atoms with van der Waals surface area (Å²) in [6, 6.07) is 8.12. The molecule has 1 aromatic rings. The Bertz CT molecular complexity index is 303. The summed E-state index contributed by atoms with van der Waals surface area (Å²) in [7, 11) is 1.67. The molecule has 0 radical (unpaired) electrons. The summed E-state index contributed by atoms with van der Waals surface area (Å²) in [4.78, 5) is 0. The average molecular weight is 236 g/mol. The van der Waals surface area contributed by atoms with Gasteiger partial charge in [0.1, 0.15) is 5.75 Å². The van der Waals surface area contributed by atoms with E-state index in [9.17, 15) is 5.11 Å². The van der Waals surface area contributed by atoms with Gasteiger partial charge < -0.3 is 9.84 Å². The number of hydrogen-bond acceptors (Lipinski definition) is 2. The van der Waals surface area contributed by atoms with Crippen LogP contribution in [0.4, 0.5) is 0 Å². The van der Waals surface area contributed by atoms with Crippen LogP contribution in [0, 0.1) is 11.8 Å². The van der Waals surface area contributed by atoms with E-state index in [1.54, 1.807) is 7.11 Å². The van der Waals surface area contributed by atoms with Gasteiger partial charge in [-0.05, 0) is 42.4 Å². The summed E-state index contributed by atoms with van der Waals surface area (Å²) < 4.78 is 5.13. The van der Waals surface area contributed by atoms with Gasteiger partial charge in [0.25, 0.3) is 0 Å². The molecule has 0 bridgehead atoms. The molecule has 1 atom stereocenters. The summed E-state index contributed by atoms with van der Waals surface area (Å²) in [5.74, 6) is 1.97. The molecule has 96 valence electrons. The zero-order chi connectivity index (χ0) is 12.7. The highest BCUT2D eigenvalue weighted by Crippen LogP contribution is 2.19. The highest BCUT2D eigenvalue weighted by Gasteiger charge is 2.09. The number of aliphatic hydroxyl groups excluding tert-OH is 1. The molecule has 2 nitrogen and oxygen atoms in total. The maximum atomic E-state index is 9.38. The maximum absolute atomic E-state index is 9.38. The molecule has 0 saturated carbocycles. The number of aliphatic hydroxyl groups is 1. The minimum atomic E-state index is 0.277. The lowest BCUT2D eigenvalue weighted by molar-refractivity contribution is 0.211. The first-order chi connectivity index (χ1) is 8.15.